The smallest absolute Gasteiger partial charge is 0.382 e. The highest BCUT2D eigenvalue weighted by atomic mass is 19.4. The third-order valence-electron chi connectivity index (χ3n) is 5.57. The van der Waals surface area contributed by atoms with Crippen LogP contribution >= 0.6 is 0 Å². The Bertz CT molecular complexity index is 1350. The van der Waals surface area contributed by atoms with Crippen molar-refractivity contribution in [3.63, 3.8) is 0 Å². The van der Waals surface area contributed by atoms with E-state index in [1.54, 1.807) is 0 Å². The summed E-state index contributed by atoms with van der Waals surface area (Å²) in [6, 6.07) is 7.44. The van der Waals surface area contributed by atoms with Crippen molar-refractivity contribution in [2.45, 2.75) is 31.9 Å². The van der Waals surface area contributed by atoms with E-state index in [2.05, 4.69) is 29.8 Å². The number of amides is 1. The molecule has 0 saturated carbocycles. The van der Waals surface area contributed by atoms with Crippen LogP contribution in [0.4, 0.5) is 24.7 Å². The Labute approximate surface area is 185 Å². The molecule has 1 aromatic carbocycles. The molecular formula is C22H18F3N7O. The van der Waals surface area contributed by atoms with Gasteiger partial charge in [0.2, 0.25) is 11.7 Å². The number of nitrogens with one attached hydrogen (secondary N) is 1. The molecule has 4 aromatic rings. The molecule has 33 heavy (non-hydrogen) atoms. The van der Waals surface area contributed by atoms with Crippen molar-refractivity contribution >= 4 is 28.4 Å². The number of nitrogens with two attached hydrogens (primary N) is 1. The van der Waals surface area contributed by atoms with Gasteiger partial charge in [0.15, 0.2) is 5.82 Å². The Morgan fingerprint density at radius 1 is 1.06 bits per heavy atom. The third-order valence-corrected chi connectivity index (χ3v) is 5.57. The van der Waals surface area contributed by atoms with Crippen molar-refractivity contribution in [3.8, 4) is 5.69 Å². The lowest BCUT2D eigenvalue weighted by Crippen LogP contribution is -2.16. The molecule has 8 nitrogen and oxygen atoms in total. The molecule has 0 unspecified atom stereocenters. The minimum atomic E-state index is -4.63. The second-order valence-corrected chi connectivity index (χ2v) is 7.75. The lowest BCUT2D eigenvalue weighted by atomic mass is 10.1. The molecule has 11 heteroatoms. The van der Waals surface area contributed by atoms with Gasteiger partial charge >= 0.3 is 6.18 Å². The van der Waals surface area contributed by atoms with Crippen LogP contribution in [-0.4, -0.2) is 30.4 Å². The van der Waals surface area contributed by atoms with Gasteiger partial charge in [-0.3, -0.25) is 4.79 Å². The summed E-state index contributed by atoms with van der Waals surface area (Å²) in [4.78, 5) is 27.4. The van der Waals surface area contributed by atoms with Gasteiger partial charge in [-0.1, -0.05) is 12.1 Å². The lowest BCUT2D eigenvalue weighted by molar-refractivity contribution is -0.144. The van der Waals surface area contributed by atoms with E-state index >= 15 is 0 Å². The molecule has 5 rings (SSSR count). The molecule has 1 aliphatic rings. The van der Waals surface area contributed by atoms with Crippen LogP contribution in [0.15, 0.2) is 43.0 Å². The van der Waals surface area contributed by atoms with Crippen LogP contribution in [0.2, 0.25) is 0 Å². The summed E-state index contributed by atoms with van der Waals surface area (Å²) in [6.07, 6.45) is 1.66. The molecule has 3 heterocycles. The Morgan fingerprint density at radius 2 is 1.79 bits per heavy atom. The van der Waals surface area contributed by atoms with Crippen molar-refractivity contribution in [1.29, 1.82) is 0 Å². The van der Waals surface area contributed by atoms with E-state index in [9.17, 15) is 18.0 Å². The number of aromatic nitrogens is 5. The molecule has 0 bridgehead atoms. The number of carbonyl (C=O) groups is 1. The second-order valence-electron chi connectivity index (χ2n) is 7.75. The third kappa shape index (κ3) is 3.86. The Morgan fingerprint density at radius 3 is 2.48 bits per heavy atom. The number of aryl methyl sites for hydroxylation is 1. The summed E-state index contributed by atoms with van der Waals surface area (Å²) in [5, 5.41) is 2.51. The van der Waals surface area contributed by atoms with Gasteiger partial charge in [0.25, 0.3) is 0 Å². The van der Waals surface area contributed by atoms with Gasteiger partial charge < -0.3 is 15.6 Å². The van der Waals surface area contributed by atoms with E-state index in [4.69, 9.17) is 5.73 Å². The van der Waals surface area contributed by atoms with E-state index in [-0.39, 0.29) is 12.1 Å². The van der Waals surface area contributed by atoms with E-state index in [0.717, 1.165) is 53.9 Å². The highest BCUT2D eigenvalue weighted by Crippen LogP contribution is 2.36. The zero-order valence-electron chi connectivity index (χ0n) is 17.2. The van der Waals surface area contributed by atoms with Crippen LogP contribution in [0.3, 0.4) is 0 Å². The van der Waals surface area contributed by atoms with Gasteiger partial charge in [0, 0.05) is 11.4 Å². The minimum absolute atomic E-state index is 0.0388. The van der Waals surface area contributed by atoms with Crippen LogP contribution in [0.1, 0.15) is 29.1 Å². The number of alkyl halides is 3. The maximum absolute atomic E-state index is 12.6. The highest BCUT2D eigenvalue weighted by molar-refractivity contribution is 5.92. The highest BCUT2D eigenvalue weighted by Gasteiger charge is 2.34. The number of halogens is 3. The van der Waals surface area contributed by atoms with Crippen LogP contribution in [-0.2, 0) is 30.2 Å². The van der Waals surface area contributed by atoms with Gasteiger partial charge in [-0.05, 0) is 42.5 Å². The number of rotatable bonds is 4. The zero-order valence-corrected chi connectivity index (χ0v) is 17.2. The average molecular weight is 453 g/mol. The topological polar surface area (TPSA) is 112 Å². The van der Waals surface area contributed by atoms with Crippen molar-refractivity contribution in [1.82, 2.24) is 24.5 Å². The fraction of sp³-hybridized carbons (Fsp3) is 0.227. The van der Waals surface area contributed by atoms with E-state index < -0.39 is 17.9 Å². The molecule has 0 spiro atoms. The van der Waals surface area contributed by atoms with Crippen molar-refractivity contribution < 1.29 is 18.0 Å². The number of anilines is 2. The molecule has 168 valence electrons. The number of nitrogen functional groups attached to an aromatic ring is 1. The Hall–Kier alpha value is -4.02. The lowest BCUT2D eigenvalue weighted by Gasteiger charge is -2.11. The van der Waals surface area contributed by atoms with Crippen LogP contribution in [0.25, 0.3) is 16.7 Å². The average Bonchev–Trinajstić information content (AvgIpc) is 3.36. The number of carbonyl (C=O) groups excluding carboxylic acids is 1. The van der Waals surface area contributed by atoms with Crippen LogP contribution < -0.4 is 11.1 Å². The largest absolute Gasteiger partial charge is 0.451 e. The van der Waals surface area contributed by atoms with Crippen LogP contribution in [0.5, 0.6) is 0 Å². The molecule has 0 aliphatic heterocycles. The maximum atomic E-state index is 12.6. The molecule has 1 aliphatic carbocycles. The maximum Gasteiger partial charge on any atom is 0.451 e. The van der Waals surface area contributed by atoms with Crippen LogP contribution in [0, 0.1) is 0 Å². The van der Waals surface area contributed by atoms with E-state index in [1.807, 2.05) is 24.3 Å². The summed E-state index contributed by atoms with van der Waals surface area (Å²) >= 11 is 0. The molecular weight excluding hydrogens is 435 g/mol. The number of hydrogen-bond acceptors (Lipinski definition) is 6. The molecule has 1 amide bonds. The van der Waals surface area contributed by atoms with Gasteiger partial charge in [-0.25, -0.2) is 19.9 Å². The molecule has 3 aromatic heterocycles. The molecule has 3 N–H and O–H groups in total. The van der Waals surface area contributed by atoms with E-state index in [1.165, 1.54) is 17.6 Å². The standard InChI is InChI=1S/C22H18F3N7O/c23-22(24,25)21-27-9-13(10-28-21)31-17(33)8-12-4-6-14(7-5-12)32-16-3-1-2-15(16)18-19(32)20(26)30-11-29-18/h4-7,9-11H,1-3,8H2,(H,31,33)(H2,26,29,30). The first kappa shape index (κ1) is 20.9. The Kier molecular flexibility index (Phi) is 4.95. The predicted molar refractivity (Wildman–Crippen MR) is 115 cm³/mol. The Balaban J connectivity index is 1.34. The normalized spacial score (nSPS) is 13.3. The van der Waals surface area contributed by atoms with Crippen molar-refractivity contribution in [2.24, 2.45) is 0 Å². The van der Waals surface area contributed by atoms with Gasteiger partial charge in [-0.15, -0.1) is 0 Å². The van der Waals surface area contributed by atoms with Crippen molar-refractivity contribution in [2.75, 3.05) is 11.1 Å². The summed E-state index contributed by atoms with van der Waals surface area (Å²) in [5.74, 6) is -1.24. The number of benzene rings is 1. The van der Waals surface area contributed by atoms with Crippen molar-refractivity contribution in [3.05, 3.63) is 65.6 Å². The zero-order chi connectivity index (χ0) is 23.2. The molecule has 0 saturated heterocycles. The first-order valence-corrected chi connectivity index (χ1v) is 10.2. The minimum Gasteiger partial charge on any atom is -0.382 e. The number of fused-ring (bicyclic) bond motifs is 3. The predicted octanol–water partition coefficient (Wildman–Crippen LogP) is 3.48. The molecule has 0 fully saturated rings. The number of nitrogens with zero attached hydrogens (tertiary/aromatic N) is 5. The van der Waals surface area contributed by atoms with Gasteiger partial charge in [0.1, 0.15) is 11.8 Å². The number of hydrogen-bond donors (Lipinski definition) is 2. The first-order valence-electron chi connectivity index (χ1n) is 10.2. The first-order chi connectivity index (χ1) is 15.8. The summed E-state index contributed by atoms with van der Waals surface area (Å²) in [5.41, 5.74) is 11.9. The monoisotopic (exact) mass is 453 g/mol. The fourth-order valence-electron chi connectivity index (χ4n) is 4.18. The second kappa shape index (κ2) is 7.84. The quantitative estimate of drug-likeness (QED) is 0.489. The summed E-state index contributed by atoms with van der Waals surface area (Å²) in [6.45, 7) is 0. The molecule has 0 radical (unpaired) electrons. The fourth-order valence-corrected chi connectivity index (χ4v) is 4.18. The summed E-state index contributed by atoms with van der Waals surface area (Å²) in [7, 11) is 0. The summed E-state index contributed by atoms with van der Waals surface area (Å²) < 4.78 is 39.8. The van der Waals surface area contributed by atoms with Gasteiger partial charge in [0.05, 0.1) is 30.0 Å². The molecule has 0 atom stereocenters. The van der Waals surface area contributed by atoms with Gasteiger partial charge in [-0.2, -0.15) is 13.2 Å². The SMILES string of the molecule is Nc1ncnc2c3c(n(-c4ccc(CC(=O)Nc5cnc(C(F)(F)F)nc5)cc4)c12)CCC3. The van der Waals surface area contributed by atoms with E-state index in [0.29, 0.717) is 5.82 Å².